The molecule has 1 unspecified atom stereocenters. The standard InChI is InChI=1S/C13H14F3NO3/c1-3-7(2)11(18)17-10-6-8(13(14,15)16)4-5-9(10)12(19)20/h4-7H,3H2,1-2H3,(H,17,18)(H,19,20). The number of halogens is 3. The number of amides is 1. The van der Waals surface area contributed by atoms with Crippen LogP contribution in [0.25, 0.3) is 0 Å². The number of carboxylic acid groups (broad SMARTS) is 1. The molecule has 2 N–H and O–H groups in total. The van der Waals surface area contributed by atoms with E-state index in [2.05, 4.69) is 5.32 Å². The fraction of sp³-hybridized carbons (Fsp3) is 0.385. The summed E-state index contributed by atoms with van der Waals surface area (Å²) in [6.07, 6.45) is -4.11. The van der Waals surface area contributed by atoms with Gasteiger partial charge in [-0.05, 0) is 24.6 Å². The third kappa shape index (κ3) is 3.72. The Hall–Kier alpha value is -2.05. The van der Waals surface area contributed by atoms with Crippen LogP contribution >= 0.6 is 0 Å². The minimum Gasteiger partial charge on any atom is -0.478 e. The molecule has 0 fully saturated rings. The van der Waals surface area contributed by atoms with E-state index in [9.17, 15) is 22.8 Å². The molecule has 0 aliphatic rings. The van der Waals surface area contributed by atoms with Crippen molar-refractivity contribution in [2.24, 2.45) is 5.92 Å². The molecule has 0 saturated carbocycles. The SMILES string of the molecule is CCC(C)C(=O)Nc1cc(C(F)(F)F)ccc1C(=O)O. The number of aromatic carboxylic acids is 1. The molecular formula is C13H14F3NO3. The molecule has 1 rings (SSSR count). The number of benzene rings is 1. The normalized spacial score (nSPS) is 12.8. The van der Waals surface area contributed by atoms with Gasteiger partial charge in [0.25, 0.3) is 0 Å². The van der Waals surface area contributed by atoms with Gasteiger partial charge in [-0.1, -0.05) is 13.8 Å². The molecule has 0 saturated heterocycles. The predicted octanol–water partition coefficient (Wildman–Crippen LogP) is 3.39. The van der Waals surface area contributed by atoms with Crippen molar-refractivity contribution in [3.05, 3.63) is 29.3 Å². The van der Waals surface area contributed by atoms with Crippen molar-refractivity contribution in [2.45, 2.75) is 26.4 Å². The average molecular weight is 289 g/mol. The average Bonchev–Trinajstić information content (AvgIpc) is 2.36. The second-order valence-electron chi connectivity index (χ2n) is 4.36. The van der Waals surface area contributed by atoms with Crippen molar-refractivity contribution in [1.82, 2.24) is 0 Å². The van der Waals surface area contributed by atoms with Crippen LogP contribution in [0.5, 0.6) is 0 Å². The van der Waals surface area contributed by atoms with E-state index >= 15 is 0 Å². The maximum absolute atomic E-state index is 12.6. The summed E-state index contributed by atoms with van der Waals surface area (Å²) < 4.78 is 37.8. The van der Waals surface area contributed by atoms with E-state index in [0.717, 1.165) is 6.07 Å². The maximum atomic E-state index is 12.6. The number of carboxylic acids is 1. The van der Waals surface area contributed by atoms with E-state index in [1.165, 1.54) is 0 Å². The fourth-order valence-electron chi connectivity index (χ4n) is 1.45. The monoisotopic (exact) mass is 289 g/mol. The van der Waals surface area contributed by atoms with E-state index in [-0.39, 0.29) is 11.3 Å². The first-order valence-corrected chi connectivity index (χ1v) is 5.92. The van der Waals surface area contributed by atoms with Crippen LogP contribution in [0.2, 0.25) is 0 Å². The number of carbonyl (C=O) groups is 2. The second-order valence-corrected chi connectivity index (χ2v) is 4.36. The quantitative estimate of drug-likeness (QED) is 0.892. The zero-order chi connectivity index (χ0) is 15.5. The predicted molar refractivity (Wildman–Crippen MR) is 66.5 cm³/mol. The second kappa shape index (κ2) is 5.94. The Labute approximate surface area is 113 Å². The summed E-state index contributed by atoms with van der Waals surface area (Å²) in [4.78, 5) is 22.7. The number of carbonyl (C=O) groups excluding carboxylic acids is 1. The lowest BCUT2D eigenvalue weighted by Crippen LogP contribution is -2.21. The summed E-state index contributed by atoms with van der Waals surface area (Å²) >= 11 is 0. The van der Waals surface area contributed by atoms with Crippen LogP contribution in [0.15, 0.2) is 18.2 Å². The molecular weight excluding hydrogens is 275 g/mol. The van der Waals surface area contributed by atoms with Crippen LogP contribution in [0, 0.1) is 5.92 Å². The van der Waals surface area contributed by atoms with Gasteiger partial charge in [-0.25, -0.2) is 4.79 Å². The molecule has 0 spiro atoms. The van der Waals surface area contributed by atoms with Crippen molar-refractivity contribution in [1.29, 1.82) is 0 Å². The molecule has 110 valence electrons. The Kier molecular flexibility index (Phi) is 4.75. The van der Waals surface area contributed by atoms with Crippen molar-refractivity contribution in [2.75, 3.05) is 5.32 Å². The molecule has 0 aliphatic heterocycles. The number of alkyl halides is 3. The van der Waals surface area contributed by atoms with Crippen LogP contribution in [-0.4, -0.2) is 17.0 Å². The lowest BCUT2D eigenvalue weighted by molar-refractivity contribution is -0.137. The Morgan fingerprint density at radius 2 is 1.95 bits per heavy atom. The van der Waals surface area contributed by atoms with Gasteiger partial charge in [0.1, 0.15) is 0 Å². The van der Waals surface area contributed by atoms with Crippen molar-refractivity contribution >= 4 is 17.6 Å². The van der Waals surface area contributed by atoms with E-state index < -0.39 is 29.5 Å². The molecule has 0 bridgehead atoms. The smallest absolute Gasteiger partial charge is 0.416 e. The minimum absolute atomic E-state index is 0.349. The maximum Gasteiger partial charge on any atom is 0.416 e. The molecule has 0 radical (unpaired) electrons. The minimum atomic E-state index is -4.60. The van der Waals surface area contributed by atoms with Crippen LogP contribution in [-0.2, 0) is 11.0 Å². The zero-order valence-corrected chi connectivity index (χ0v) is 10.9. The van der Waals surface area contributed by atoms with E-state index in [1.54, 1.807) is 13.8 Å². The highest BCUT2D eigenvalue weighted by molar-refractivity contribution is 6.01. The molecule has 4 nitrogen and oxygen atoms in total. The first-order valence-electron chi connectivity index (χ1n) is 5.92. The number of nitrogens with one attached hydrogen (secondary N) is 1. The molecule has 1 atom stereocenters. The highest BCUT2D eigenvalue weighted by Gasteiger charge is 2.32. The molecule has 20 heavy (non-hydrogen) atoms. The number of rotatable bonds is 4. The van der Waals surface area contributed by atoms with Gasteiger partial charge in [-0.2, -0.15) is 13.2 Å². The number of anilines is 1. The highest BCUT2D eigenvalue weighted by atomic mass is 19.4. The van der Waals surface area contributed by atoms with Crippen LogP contribution in [0.4, 0.5) is 18.9 Å². The van der Waals surface area contributed by atoms with Crippen molar-refractivity contribution < 1.29 is 27.9 Å². The number of hydrogen-bond acceptors (Lipinski definition) is 2. The largest absolute Gasteiger partial charge is 0.478 e. The Morgan fingerprint density at radius 3 is 2.40 bits per heavy atom. The Balaban J connectivity index is 3.19. The summed E-state index contributed by atoms with van der Waals surface area (Å²) in [5.74, 6) is -2.35. The van der Waals surface area contributed by atoms with E-state index in [4.69, 9.17) is 5.11 Å². The molecule has 7 heteroatoms. The molecule has 1 aromatic rings. The first-order chi connectivity index (χ1) is 9.16. The number of hydrogen-bond donors (Lipinski definition) is 2. The molecule has 0 aliphatic carbocycles. The lowest BCUT2D eigenvalue weighted by atomic mass is 10.1. The van der Waals surface area contributed by atoms with Crippen molar-refractivity contribution in [3.8, 4) is 0 Å². The van der Waals surface area contributed by atoms with Gasteiger partial charge >= 0.3 is 12.1 Å². The molecule has 0 heterocycles. The fourth-order valence-corrected chi connectivity index (χ4v) is 1.45. The van der Waals surface area contributed by atoms with Gasteiger partial charge < -0.3 is 10.4 Å². The molecule has 1 amide bonds. The van der Waals surface area contributed by atoms with Crippen LogP contribution in [0.3, 0.4) is 0 Å². The molecule has 1 aromatic carbocycles. The van der Waals surface area contributed by atoms with Crippen LogP contribution < -0.4 is 5.32 Å². The summed E-state index contributed by atoms with van der Waals surface area (Å²) in [6.45, 7) is 3.35. The summed E-state index contributed by atoms with van der Waals surface area (Å²) in [5, 5.41) is 11.2. The topological polar surface area (TPSA) is 66.4 Å². The summed E-state index contributed by atoms with van der Waals surface area (Å²) in [7, 11) is 0. The highest BCUT2D eigenvalue weighted by Crippen LogP contribution is 2.32. The van der Waals surface area contributed by atoms with Gasteiger partial charge in [-0.3, -0.25) is 4.79 Å². The summed E-state index contributed by atoms with van der Waals surface area (Å²) in [5.41, 5.74) is -1.74. The Morgan fingerprint density at radius 1 is 1.35 bits per heavy atom. The van der Waals surface area contributed by atoms with Gasteiger partial charge in [0.05, 0.1) is 16.8 Å². The van der Waals surface area contributed by atoms with E-state index in [1.807, 2.05) is 0 Å². The van der Waals surface area contributed by atoms with Crippen LogP contribution in [0.1, 0.15) is 36.2 Å². The van der Waals surface area contributed by atoms with Gasteiger partial charge in [-0.15, -0.1) is 0 Å². The third-order valence-electron chi connectivity index (χ3n) is 2.90. The lowest BCUT2D eigenvalue weighted by Gasteiger charge is -2.14. The van der Waals surface area contributed by atoms with Gasteiger partial charge in [0, 0.05) is 5.92 Å². The first kappa shape index (κ1) is 16.0. The van der Waals surface area contributed by atoms with E-state index in [0.29, 0.717) is 18.6 Å². The van der Waals surface area contributed by atoms with Gasteiger partial charge in [0.15, 0.2) is 0 Å². The third-order valence-corrected chi connectivity index (χ3v) is 2.90. The summed E-state index contributed by atoms with van der Waals surface area (Å²) in [6, 6.07) is 2.13. The zero-order valence-electron chi connectivity index (χ0n) is 10.9. The Bertz CT molecular complexity index is 526. The molecule has 0 aromatic heterocycles. The van der Waals surface area contributed by atoms with Gasteiger partial charge in [0.2, 0.25) is 5.91 Å². The van der Waals surface area contributed by atoms with Crippen molar-refractivity contribution in [3.63, 3.8) is 0 Å².